The zero-order valence-corrected chi connectivity index (χ0v) is 8.23. The molecule has 15 heavy (non-hydrogen) atoms. The number of ether oxygens (including phenoxy) is 1. The molecule has 0 heterocycles. The van der Waals surface area contributed by atoms with Crippen molar-refractivity contribution in [2.45, 2.75) is 31.6 Å². The number of carbonyl (C=O) groups excluding carboxylic acids is 1. The summed E-state index contributed by atoms with van der Waals surface area (Å²) in [5, 5.41) is 0. The van der Waals surface area contributed by atoms with E-state index in [1.165, 1.54) is 0 Å². The van der Waals surface area contributed by atoms with Crippen molar-refractivity contribution in [2.24, 2.45) is 0 Å². The van der Waals surface area contributed by atoms with E-state index in [9.17, 15) is 22.4 Å². The normalized spacial score (nSPS) is 12.3. The lowest BCUT2D eigenvalue weighted by Gasteiger charge is -2.25. The second-order valence-corrected chi connectivity index (χ2v) is 2.88. The average Bonchev–Trinajstić information content (AvgIpc) is 2.16. The molecule has 0 saturated heterocycles. The fraction of sp³-hybridized carbons (Fsp3) is 0.667. The van der Waals surface area contributed by atoms with E-state index in [1.807, 2.05) is 0 Å². The Bertz CT molecular complexity index is 238. The summed E-state index contributed by atoms with van der Waals surface area (Å²) in [5.41, 5.74) is 0. The second kappa shape index (κ2) is 5.14. The first-order chi connectivity index (χ1) is 6.77. The predicted molar refractivity (Wildman–Crippen MR) is 46.0 cm³/mol. The van der Waals surface area contributed by atoms with E-state index in [0.29, 0.717) is 0 Å². The van der Waals surface area contributed by atoms with Crippen LogP contribution in [0.4, 0.5) is 17.6 Å². The number of carbonyl (C=O) groups is 1. The van der Waals surface area contributed by atoms with Crippen LogP contribution in [-0.2, 0) is 9.53 Å². The SMILES string of the molecule is C=CC(=O)OCCC(F)(F)C(F)(F)CC. The molecule has 0 aliphatic heterocycles. The zero-order chi connectivity index (χ0) is 12.1. The van der Waals surface area contributed by atoms with Gasteiger partial charge in [-0.25, -0.2) is 4.79 Å². The molecule has 0 aliphatic rings. The highest BCUT2D eigenvalue weighted by Crippen LogP contribution is 2.39. The fourth-order valence-corrected chi connectivity index (χ4v) is 0.780. The van der Waals surface area contributed by atoms with Gasteiger partial charge in [0.1, 0.15) is 0 Å². The van der Waals surface area contributed by atoms with Crippen LogP contribution in [0.15, 0.2) is 12.7 Å². The molecule has 0 aromatic rings. The molecule has 6 heteroatoms. The summed E-state index contributed by atoms with van der Waals surface area (Å²) < 4.78 is 55.0. The van der Waals surface area contributed by atoms with Crippen molar-refractivity contribution in [1.29, 1.82) is 0 Å². The lowest BCUT2D eigenvalue weighted by Crippen LogP contribution is -2.40. The van der Waals surface area contributed by atoms with Gasteiger partial charge in [-0.3, -0.25) is 0 Å². The van der Waals surface area contributed by atoms with Crippen LogP contribution in [0.3, 0.4) is 0 Å². The van der Waals surface area contributed by atoms with Crippen molar-refractivity contribution in [1.82, 2.24) is 0 Å². The molecule has 0 saturated carbocycles. The van der Waals surface area contributed by atoms with Gasteiger partial charge in [0, 0.05) is 12.5 Å². The maximum Gasteiger partial charge on any atom is 0.330 e. The Balaban J connectivity index is 4.15. The predicted octanol–water partition coefficient (Wildman–Crippen LogP) is 2.79. The Kier molecular flexibility index (Phi) is 4.77. The third-order valence-corrected chi connectivity index (χ3v) is 1.81. The van der Waals surface area contributed by atoms with Crippen LogP contribution in [0.2, 0.25) is 0 Å². The molecule has 0 amide bonds. The summed E-state index contributed by atoms with van der Waals surface area (Å²) in [6.07, 6.45) is -1.39. The lowest BCUT2D eigenvalue weighted by molar-refractivity contribution is -0.217. The van der Waals surface area contributed by atoms with Gasteiger partial charge in [-0.1, -0.05) is 13.5 Å². The third-order valence-electron chi connectivity index (χ3n) is 1.81. The lowest BCUT2D eigenvalue weighted by atomic mass is 10.1. The van der Waals surface area contributed by atoms with Gasteiger partial charge in [0.15, 0.2) is 0 Å². The highest BCUT2D eigenvalue weighted by atomic mass is 19.3. The van der Waals surface area contributed by atoms with Gasteiger partial charge < -0.3 is 4.74 Å². The Morgan fingerprint density at radius 3 is 2.27 bits per heavy atom. The Morgan fingerprint density at radius 2 is 1.87 bits per heavy atom. The monoisotopic (exact) mass is 228 g/mol. The topological polar surface area (TPSA) is 26.3 Å². The molecule has 0 aromatic heterocycles. The van der Waals surface area contributed by atoms with Crippen LogP contribution >= 0.6 is 0 Å². The van der Waals surface area contributed by atoms with Crippen molar-refractivity contribution >= 4 is 5.97 Å². The molecule has 0 aromatic carbocycles. The number of hydrogen-bond acceptors (Lipinski definition) is 2. The maximum absolute atomic E-state index is 12.8. The standard InChI is InChI=1S/C9H12F4O2/c1-3-7(14)15-6-5-9(12,13)8(10,11)4-2/h3H,1,4-6H2,2H3. The van der Waals surface area contributed by atoms with Gasteiger partial charge in [0.25, 0.3) is 0 Å². The fourth-order valence-electron chi connectivity index (χ4n) is 0.780. The van der Waals surface area contributed by atoms with Crippen molar-refractivity contribution in [2.75, 3.05) is 6.61 Å². The molecule has 0 rings (SSSR count). The molecule has 0 aliphatic carbocycles. The molecule has 2 nitrogen and oxygen atoms in total. The summed E-state index contributed by atoms with van der Waals surface area (Å²) in [4.78, 5) is 10.4. The molecular weight excluding hydrogens is 216 g/mol. The molecule has 0 N–H and O–H groups in total. The highest BCUT2D eigenvalue weighted by molar-refractivity contribution is 5.81. The summed E-state index contributed by atoms with van der Waals surface area (Å²) in [5.74, 6) is -9.15. The van der Waals surface area contributed by atoms with E-state index in [-0.39, 0.29) is 0 Å². The van der Waals surface area contributed by atoms with E-state index >= 15 is 0 Å². The smallest absolute Gasteiger partial charge is 0.330 e. The van der Waals surface area contributed by atoms with Gasteiger partial charge in [-0.2, -0.15) is 17.6 Å². The van der Waals surface area contributed by atoms with Gasteiger partial charge >= 0.3 is 17.8 Å². The van der Waals surface area contributed by atoms with Crippen molar-refractivity contribution in [3.63, 3.8) is 0 Å². The van der Waals surface area contributed by atoms with Crippen LogP contribution in [0.1, 0.15) is 19.8 Å². The average molecular weight is 228 g/mol. The van der Waals surface area contributed by atoms with E-state index in [1.54, 1.807) is 0 Å². The molecular formula is C9H12F4O2. The number of hydrogen-bond donors (Lipinski definition) is 0. The molecule has 0 spiro atoms. The number of rotatable bonds is 6. The third kappa shape index (κ3) is 3.89. The first-order valence-corrected chi connectivity index (χ1v) is 4.31. The minimum Gasteiger partial charge on any atom is -0.462 e. The molecule has 0 unspecified atom stereocenters. The van der Waals surface area contributed by atoms with Crippen LogP contribution < -0.4 is 0 Å². The summed E-state index contributed by atoms with van der Waals surface area (Å²) in [6, 6.07) is 0. The van der Waals surface area contributed by atoms with Crippen LogP contribution in [0.5, 0.6) is 0 Å². The van der Waals surface area contributed by atoms with Gasteiger partial charge in [0.05, 0.1) is 13.0 Å². The van der Waals surface area contributed by atoms with Crippen molar-refractivity contribution in [3.8, 4) is 0 Å². The van der Waals surface area contributed by atoms with Crippen LogP contribution in [0, 0.1) is 0 Å². The van der Waals surface area contributed by atoms with Gasteiger partial charge in [-0.05, 0) is 0 Å². The summed E-state index contributed by atoms with van der Waals surface area (Å²) in [7, 11) is 0. The number of halogens is 4. The Hall–Kier alpha value is -1.07. The van der Waals surface area contributed by atoms with Crippen LogP contribution in [0.25, 0.3) is 0 Å². The molecule has 0 atom stereocenters. The molecule has 0 fully saturated rings. The summed E-state index contributed by atoms with van der Waals surface area (Å²) in [6.45, 7) is 3.24. The van der Waals surface area contributed by atoms with E-state index < -0.39 is 37.3 Å². The minimum atomic E-state index is -4.16. The maximum atomic E-state index is 12.8. The van der Waals surface area contributed by atoms with Gasteiger partial charge in [0.2, 0.25) is 0 Å². The molecule has 0 radical (unpaired) electrons. The molecule has 0 bridgehead atoms. The Labute approximate surface area is 84.9 Å². The Morgan fingerprint density at radius 1 is 1.33 bits per heavy atom. The first-order valence-electron chi connectivity index (χ1n) is 4.31. The number of alkyl halides is 4. The first kappa shape index (κ1) is 13.9. The number of esters is 1. The van der Waals surface area contributed by atoms with Crippen molar-refractivity contribution < 1.29 is 27.1 Å². The minimum absolute atomic E-state index is 0.757. The largest absolute Gasteiger partial charge is 0.462 e. The van der Waals surface area contributed by atoms with E-state index in [0.717, 1.165) is 13.0 Å². The molecule has 88 valence electrons. The zero-order valence-electron chi connectivity index (χ0n) is 8.23. The van der Waals surface area contributed by atoms with Gasteiger partial charge in [-0.15, -0.1) is 0 Å². The van der Waals surface area contributed by atoms with E-state index in [4.69, 9.17) is 0 Å². The quantitative estimate of drug-likeness (QED) is 0.397. The summed E-state index contributed by atoms with van der Waals surface area (Å²) >= 11 is 0. The van der Waals surface area contributed by atoms with E-state index in [2.05, 4.69) is 11.3 Å². The van der Waals surface area contributed by atoms with Crippen molar-refractivity contribution in [3.05, 3.63) is 12.7 Å². The van der Waals surface area contributed by atoms with Crippen LogP contribution in [-0.4, -0.2) is 24.4 Å². The second-order valence-electron chi connectivity index (χ2n) is 2.88. The highest BCUT2D eigenvalue weighted by Gasteiger charge is 2.54.